The molecule has 0 unspecified atom stereocenters. The third-order valence-corrected chi connectivity index (χ3v) is 7.56. The van der Waals surface area contributed by atoms with Gasteiger partial charge in [0.25, 0.3) is 0 Å². The molecule has 3 nitrogen and oxygen atoms in total. The second-order valence-corrected chi connectivity index (χ2v) is 11.8. The highest BCUT2D eigenvalue weighted by Crippen LogP contribution is 2.54. The summed E-state index contributed by atoms with van der Waals surface area (Å²) in [5, 5.41) is 18.7. The summed E-state index contributed by atoms with van der Waals surface area (Å²) in [6.45, 7) is 7.24. The SMILES string of the molecule is CC(C)(CO)C(Br)(Br)OC(Br)(Br)C(C)(C)CO. The first-order valence-corrected chi connectivity index (χ1v) is 8.18. The zero-order valence-corrected chi connectivity index (χ0v) is 16.6. The van der Waals surface area contributed by atoms with E-state index < -0.39 is 17.7 Å². The van der Waals surface area contributed by atoms with Crippen LogP contribution in [0.4, 0.5) is 0 Å². The Hall–Kier alpha value is 1.80. The smallest absolute Gasteiger partial charge is 0.187 e. The third kappa shape index (κ3) is 4.39. The predicted molar refractivity (Wildman–Crippen MR) is 84.0 cm³/mol. The molecule has 0 fully saturated rings. The highest BCUT2D eigenvalue weighted by molar-refractivity contribution is 9.26. The van der Waals surface area contributed by atoms with Gasteiger partial charge >= 0.3 is 0 Å². The van der Waals surface area contributed by atoms with Crippen LogP contribution in [-0.4, -0.2) is 30.3 Å². The first-order valence-electron chi connectivity index (χ1n) is 5.00. The van der Waals surface area contributed by atoms with E-state index in [9.17, 15) is 10.2 Å². The Bertz CT molecular complexity index is 238. The maximum atomic E-state index is 9.37. The zero-order chi connectivity index (χ0) is 14.1. The zero-order valence-electron chi connectivity index (χ0n) is 10.2. The van der Waals surface area contributed by atoms with Crippen LogP contribution in [0.3, 0.4) is 0 Å². The van der Waals surface area contributed by atoms with E-state index in [4.69, 9.17) is 4.74 Å². The van der Waals surface area contributed by atoms with Crippen LogP contribution in [0.5, 0.6) is 0 Å². The summed E-state index contributed by atoms with van der Waals surface area (Å²) in [7, 11) is 0. The van der Waals surface area contributed by atoms with Crippen molar-refractivity contribution in [2.45, 2.75) is 34.5 Å². The van der Waals surface area contributed by atoms with E-state index in [-0.39, 0.29) is 13.2 Å². The van der Waals surface area contributed by atoms with Crippen LogP contribution in [0.2, 0.25) is 0 Å². The Kier molecular flexibility index (Phi) is 6.70. The van der Waals surface area contributed by atoms with Crippen molar-refractivity contribution in [1.82, 2.24) is 0 Å². The van der Waals surface area contributed by atoms with Crippen molar-refractivity contribution in [3.05, 3.63) is 0 Å². The van der Waals surface area contributed by atoms with Gasteiger partial charge in [0.1, 0.15) is 0 Å². The van der Waals surface area contributed by atoms with E-state index >= 15 is 0 Å². The molecule has 0 aliphatic carbocycles. The lowest BCUT2D eigenvalue weighted by Gasteiger charge is -2.45. The molecule has 0 radical (unpaired) electrons. The predicted octanol–water partition coefficient (Wildman–Crippen LogP) is 3.93. The van der Waals surface area contributed by atoms with Crippen LogP contribution in [0, 0.1) is 10.8 Å². The van der Waals surface area contributed by atoms with Gasteiger partial charge in [-0.15, -0.1) is 0 Å². The van der Waals surface area contributed by atoms with Crippen molar-refractivity contribution >= 4 is 63.7 Å². The summed E-state index contributed by atoms with van der Waals surface area (Å²) in [6, 6.07) is 0. The fourth-order valence-corrected chi connectivity index (χ4v) is 2.96. The van der Waals surface area contributed by atoms with Crippen LogP contribution in [0.15, 0.2) is 0 Å². The highest BCUT2D eigenvalue weighted by Gasteiger charge is 2.51. The van der Waals surface area contributed by atoms with E-state index in [2.05, 4.69) is 63.7 Å². The van der Waals surface area contributed by atoms with Gasteiger partial charge in [-0.25, -0.2) is 0 Å². The Morgan fingerprint density at radius 3 is 1.18 bits per heavy atom. The fourth-order valence-electron chi connectivity index (χ4n) is 0.621. The number of halogens is 4. The summed E-state index contributed by atoms with van der Waals surface area (Å²) in [5.41, 5.74) is -1.13. The Labute approximate surface area is 136 Å². The van der Waals surface area contributed by atoms with Gasteiger partial charge in [-0.05, 0) is 63.7 Å². The molecular formula is C10H18Br4O3. The number of aliphatic hydroxyl groups excluding tert-OH is 2. The normalized spacial score (nSPS) is 15.2. The molecule has 2 N–H and O–H groups in total. The molecule has 0 aromatic carbocycles. The lowest BCUT2D eigenvalue weighted by Crippen LogP contribution is -2.48. The largest absolute Gasteiger partial charge is 0.396 e. The summed E-state index contributed by atoms with van der Waals surface area (Å²) >= 11 is 13.7. The summed E-state index contributed by atoms with van der Waals surface area (Å²) in [4.78, 5) is 0. The van der Waals surface area contributed by atoms with Gasteiger partial charge in [0.15, 0.2) is 6.84 Å². The van der Waals surface area contributed by atoms with Crippen molar-refractivity contribution in [2.75, 3.05) is 13.2 Å². The van der Waals surface area contributed by atoms with Crippen molar-refractivity contribution in [3.8, 4) is 0 Å². The number of alkyl halides is 4. The lowest BCUT2D eigenvalue weighted by atomic mass is 9.94. The molecule has 0 saturated carbocycles. The van der Waals surface area contributed by atoms with Gasteiger partial charge < -0.3 is 14.9 Å². The van der Waals surface area contributed by atoms with Crippen LogP contribution in [0.25, 0.3) is 0 Å². The first-order chi connectivity index (χ1) is 7.33. The van der Waals surface area contributed by atoms with E-state index in [1.807, 2.05) is 27.7 Å². The van der Waals surface area contributed by atoms with E-state index in [1.54, 1.807) is 0 Å². The Morgan fingerprint density at radius 2 is 1.00 bits per heavy atom. The molecule has 0 aliphatic rings. The molecular weight excluding hydrogens is 488 g/mol. The molecule has 0 rings (SSSR count). The summed E-state index contributed by atoms with van der Waals surface area (Å²) in [5.74, 6) is 0. The maximum Gasteiger partial charge on any atom is 0.187 e. The van der Waals surface area contributed by atoms with Gasteiger partial charge in [0.2, 0.25) is 0 Å². The number of hydrogen-bond donors (Lipinski definition) is 2. The van der Waals surface area contributed by atoms with E-state index in [0.717, 1.165) is 0 Å². The van der Waals surface area contributed by atoms with Crippen molar-refractivity contribution in [2.24, 2.45) is 10.8 Å². The molecule has 0 heterocycles. The standard InChI is InChI=1S/C10H18Br4O3/c1-7(2,5-15)9(11,12)17-10(13,14)8(3,4)6-16/h15-16H,5-6H2,1-4H3. The average molecular weight is 506 g/mol. The Balaban J connectivity index is 5.07. The summed E-state index contributed by atoms with van der Waals surface area (Å²) in [6.07, 6.45) is 0. The van der Waals surface area contributed by atoms with Gasteiger partial charge in [-0.2, -0.15) is 0 Å². The van der Waals surface area contributed by atoms with Gasteiger partial charge in [-0.3, -0.25) is 0 Å². The minimum absolute atomic E-state index is 0.0703. The second kappa shape index (κ2) is 6.06. The average Bonchev–Trinajstić information content (AvgIpc) is 2.15. The minimum Gasteiger partial charge on any atom is -0.396 e. The minimum atomic E-state index is -0.943. The highest BCUT2D eigenvalue weighted by atomic mass is 79.9. The Morgan fingerprint density at radius 1 is 0.765 bits per heavy atom. The number of hydrogen-bond acceptors (Lipinski definition) is 3. The lowest BCUT2D eigenvalue weighted by molar-refractivity contribution is -0.0765. The van der Waals surface area contributed by atoms with Gasteiger partial charge in [0.05, 0.1) is 13.2 Å². The molecule has 0 amide bonds. The summed E-state index contributed by atoms with van der Waals surface area (Å²) < 4.78 is 4.00. The molecule has 0 bridgehead atoms. The van der Waals surface area contributed by atoms with Crippen molar-refractivity contribution < 1.29 is 14.9 Å². The first kappa shape index (κ1) is 18.8. The third-order valence-electron chi connectivity index (χ3n) is 2.62. The van der Waals surface area contributed by atoms with Crippen LogP contribution in [-0.2, 0) is 4.74 Å². The topological polar surface area (TPSA) is 49.7 Å². The number of aliphatic hydroxyl groups is 2. The van der Waals surface area contributed by atoms with E-state index in [1.165, 1.54) is 0 Å². The molecule has 7 heteroatoms. The van der Waals surface area contributed by atoms with Gasteiger partial charge in [0, 0.05) is 10.8 Å². The number of ether oxygens (including phenoxy) is 1. The number of rotatable bonds is 6. The molecule has 0 atom stereocenters. The maximum absolute atomic E-state index is 9.37. The molecule has 0 saturated heterocycles. The fraction of sp³-hybridized carbons (Fsp3) is 1.00. The van der Waals surface area contributed by atoms with E-state index in [0.29, 0.717) is 0 Å². The monoisotopic (exact) mass is 502 g/mol. The van der Waals surface area contributed by atoms with Crippen molar-refractivity contribution in [3.63, 3.8) is 0 Å². The molecule has 104 valence electrons. The molecule has 0 spiro atoms. The van der Waals surface area contributed by atoms with Crippen molar-refractivity contribution in [1.29, 1.82) is 0 Å². The van der Waals surface area contributed by atoms with Crippen LogP contribution < -0.4 is 0 Å². The quantitative estimate of drug-likeness (QED) is 0.538. The molecule has 17 heavy (non-hydrogen) atoms. The van der Waals surface area contributed by atoms with Crippen LogP contribution >= 0.6 is 63.7 Å². The second-order valence-electron chi connectivity index (χ2n) is 5.22. The van der Waals surface area contributed by atoms with Crippen LogP contribution in [0.1, 0.15) is 27.7 Å². The molecule has 0 aromatic heterocycles. The van der Waals surface area contributed by atoms with Gasteiger partial charge in [-0.1, -0.05) is 27.7 Å². The molecule has 0 aliphatic heterocycles. The molecule has 0 aromatic rings.